The first-order valence-electron chi connectivity index (χ1n) is 8.15. The van der Waals surface area contributed by atoms with Crippen molar-refractivity contribution < 1.29 is 13.7 Å². The third kappa shape index (κ3) is 1.67. The van der Waals surface area contributed by atoms with E-state index >= 15 is 0 Å². The van der Waals surface area contributed by atoms with Gasteiger partial charge in [0.05, 0.1) is 28.8 Å². The lowest BCUT2D eigenvalue weighted by Crippen LogP contribution is -2.32. The molecular formula is C21H15N2O2+. The Kier molecular flexibility index (Phi) is 2.59. The molecular weight excluding hydrogens is 312 g/mol. The minimum absolute atomic E-state index is 0.596. The molecule has 4 nitrogen and oxygen atoms in total. The molecule has 4 heteroatoms. The summed E-state index contributed by atoms with van der Waals surface area (Å²) < 4.78 is 14.1. The zero-order valence-electron chi connectivity index (χ0n) is 14.2. The second-order valence-electron chi connectivity index (χ2n) is 6.55. The van der Waals surface area contributed by atoms with Gasteiger partial charge in [-0.2, -0.15) is 5.26 Å². The van der Waals surface area contributed by atoms with Crippen LogP contribution in [-0.2, 0) is 7.05 Å². The van der Waals surface area contributed by atoms with Gasteiger partial charge in [-0.25, -0.2) is 4.57 Å². The molecule has 0 spiro atoms. The summed E-state index contributed by atoms with van der Waals surface area (Å²) in [4.78, 5) is 0. The Morgan fingerprint density at radius 3 is 2.76 bits per heavy atom. The van der Waals surface area contributed by atoms with Crippen molar-refractivity contribution in [3.05, 3.63) is 53.4 Å². The standard InChI is InChI=1S/C21H15N2O2/c1-11-15-5-7-24-20(15)12(2)21-17(11)19-18-14(4-6-23(19)3)8-13(10-22)9-16(18)25-21/h4-9H,1-3H3/q+1. The number of nitrogens with zero attached hydrogens (tertiary/aromatic N) is 2. The summed E-state index contributed by atoms with van der Waals surface area (Å²) in [7, 11) is 2.04. The van der Waals surface area contributed by atoms with Crippen LogP contribution in [0.2, 0.25) is 0 Å². The molecule has 0 fully saturated rings. The minimum Gasteiger partial charge on any atom is -0.464 e. The minimum atomic E-state index is 0.596. The number of nitriles is 1. The largest absolute Gasteiger partial charge is 0.464 e. The van der Waals surface area contributed by atoms with Crippen molar-refractivity contribution in [1.29, 1.82) is 5.26 Å². The van der Waals surface area contributed by atoms with Crippen molar-refractivity contribution in [1.82, 2.24) is 0 Å². The van der Waals surface area contributed by atoms with Crippen molar-refractivity contribution in [2.24, 2.45) is 7.05 Å². The lowest BCUT2D eigenvalue weighted by molar-refractivity contribution is -0.659. The van der Waals surface area contributed by atoms with Crippen molar-refractivity contribution in [2.45, 2.75) is 13.8 Å². The van der Waals surface area contributed by atoms with Crippen LogP contribution in [-0.4, -0.2) is 0 Å². The smallest absolute Gasteiger partial charge is 0.228 e. The third-order valence-corrected chi connectivity index (χ3v) is 5.13. The molecule has 4 aromatic rings. The molecule has 0 aliphatic carbocycles. The molecule has 0 bridgehead atoms. The van der Waals surface area contributed by atoms with Gasteiger partial charge in [0, 0.05) is 17.0 Å². The molecule has 1 aliphatic rings. The number of furan rings is 1. The van der Waals surface area contributed by atoms with E-state index in [4.69, 9.17) is 9.15 Å². The summed E-state index contributed by atoms with van der Waals surface area (Å²) in [6.07, 6.45) is 3.75. The molecule has 0 unspecified atom stereocenters. The van der Waals surface area contributed by atoms with Crippen LogP contribution in [0.3, 0.4) is 0 Å². The van der Waals surface area contributed by atoms with E-state index in [1.165, 1.54) is 0 Å². The summed E-state index contributed by atoms with van der Waals surface area (Å²) >= 11 is 0. The van der Waals surface area contributed by atoms with Gasteiger partial charge in [-0.15, -0.1) is 0 Å². The maximum absolute atomic E-state index is 9.34. The van der Waals surface area contributed by atoms with Gasteiger partial charge in [-0.3, -0.25) is 0 Å². The fraction of sp³-hybridized carbons (Fsp3) is 0.143. The van der Waals surface area contributed by atoms with Crippen LogP contribution in [0, 0.1) is 25.2 Å². The van der Waals surface area contributed by atoms with Crippen molar-refractivity contribution in [3.8, 4) is 28.8 Å². The molecule has 0 saturated heterocycles. The lowest BCUT2D eigenvalue weighted by atomic mass is 9.91. The highest BCUT2D eigenvalue weighted by atomic mass is 16.5. The van der Waals surface area contributed by atoms with Gasteiger partial charge in [0.25, 0.3) is 0 Å². The van der Waals surface area contributed by atoms with E-state index in [0.29, 0.717) is 5.56 Å². The van der Waals surface area contributed by atoms with Gasteiger partial charge in [-0.05, 0) is 43.0 Å². The fourth-order valence-electron chi connectivity index (χ4n) is 3.92. The van der Waals surface area contributed by atoms with Gasteiger partial charge < -0.3 is 9.15 Å². The summed E-state index contributed by atoms with van der Waals surface area (Å²) in [5.41, 5.74) is 5.77. The van der Waals surface area contributed by atoms with Gasteiger partial charge in [0.1, 0.15) is 24.1 Å². The fourth-order valence-corrected chi connectivity index (χ4v) is 3.92. The van der Waals surface area contributed by atoms with Crippen LogP contribution in [0.5, 0.6) is 11.5 Å². The van der Waals surface area contributed by atoms with Crippen molar-refractivity contribution in [3.63, 3.8) is 0 Å². The van der Waals surface area contributed by atoms with Crippen molar-refractivity contribution >= 4 is 21.7 Å². The normalized spacial score (nSPS) is 12.1. The second-order valence-corrected chi connectivity index (χ2v) is 6.55. The third-order valence-electron chi connectivity index (χ3n) is 5.13. The molecule has 2 aromatic heterocycles. The number of rotatable bonds is 0. The highest BCUT2D eigenvalue weighted by Gasteiger charge is 2.32. The molecule has 0 saturated carbocycles. The Morgan fingerprint density at radius 2 is 1.96 bits per heavy atom. The first kappa shape index (κ1) is 14.1. The molecule has 25 heavy (non-hydrogen) atoms. The average Bonchev–Trinajstić information content (AvgIpc) is 3.11. The second kappa shape index (κ2) is 4.61. The summed E-state index contributed by atoms with van der Waals surface area (Å²) in [6.45, 7) is 4.12. The number of aromatic nitrogens is 1. The van der Waals surface area contributed by atoms with Gasteiger partial charge in [0.15, 0.2) is 6.20 Å². The molecule has 2 aromatic carbocycles. The molecule has 1 aliphatic heterocycles. The monoisotopic (exact) mass is 327 g/mol. The Bertz CT molecular complexity index is 1260. The molecule has 120 valence electrons. The van der Waals surface area contributed by atoms with Crippen LogP contribution < -0.4 is 9.30 Å². The predicted octanol–water partition coefficient (Wildman–Crippen LogP) is 4.67. The van der Waals surface area contributed by atoms with Gasteiger partial charge in [-0.1, -0.05) is 0 Å². The van der Waals surface area contributed by atoms with E-state index < -0.39 is 0 Å². The molecule has 0 N–H and O–H groups in total. The zero-order chi connectivity index (χ0) is 17.3. The van der Waals surface area contributed by atoms with E-state index in [2.05, 4.69) is 17.6 Å². The van der Waals surface area contributed by atoms with E-state index in [1.54, 1.807) is 6.26 Å². The number of pyridine rings is 1. The summed E-state index contributed by atoms with van der Waals surface area (Å²) in [5.74, 6) is 1.53. The SMILES string of the molecule is Cc1c2c(c(C)c3occc13)Oc1cc(C#N)cc3cc[n+](C)c-2c13. The summed E-state index contributed by atoms with van der Waals surface area (Å²) in [6, 6.07) is 9.98. The molecule has 0 atom stereocenters. The Balaban J connectivity index is 2.04. The Hall–Kier alpha value is -3.32. The number of benzene rings is 2. The number of aryl methyl sites for hydroxylation is 3. The van der Waals surface area contributed by atoms with Crippen LogP contribution in [0.4, 0.5) is 0 Å². The highest BCUT2D eigenvalue weighted by molar-refractivity contribution is 6.05. The number of hydrogen-bond acceptors (Lipinski definition) is 3. The average molecular weight is 327 g/mol. The van der Waals surface area contributed by atoms with E-state index in [-0.39, 0.29) is 0 Å². The first-order chi connectivity index (χ1) is 12.1. The maximum Gasteiger partial charge on any atom is 0.228 e. The Morgan fingerprint density at radius 1 is 1.12 bits per heavy atom. The van der Waals surface area contributed by atoms with Crippen LogP contribution in [0.25, 0.3) is 33.0 Å². The van der Waals surface area contributed by atoms with Crippen LogP contribution >= 0.6 is 0 Å². The zero-order valence-corrected chi connectivity index (χ0v) is 14.2. The lowest BCUT2D eigenvalue weighted by Gasteiger charge is -2.22. The number of fused-ring (bicyclic) bond motifs is 3. The Labute approximate surface area is 144 Å². The topological polar surface area (TPSA) is 50.0 Å². The molecule has 0 radical (unpaired) electrons. The van der Waals surface area contributed by atoms with Gasteiger partial charge >= 0.3 is 0 Å². The molecule has 3 heterocycles. The van der Waals surface area contributed by atoms with Crippen molar-refractivity contribution in [2.75, 3.05) is 0 Å². The van der Waals surface area contributed by atoms with E-state index in [0.717, 1.165) is 55.6 Å². The molecule has 0 amide bonds. The maximum atomic E-state index is 9.34. The first-order valence-corrected chi connectivity index (χ1v) is 8.15. The number of hydrogen-bond donors (Lipinski definition) is 0. The highest BCUT2D eigenvalue weighted by Crippen LogP contribution is 2.50. The quantitative estimate of drug-likeness (QED) is 0.388. The van der Waals surface area contributed by atoms with E-state index in [1.807, 2.05) is 44.4 Å². The molecule has 5 rings (SSSR count). The predicted molar refractivity (Wildman–Crippen MR) is 94.6 cm³/mol. The van der Waals surface area contributed by atoms with E-state index in [9.17, 15) is 5.26 Å². The van der Waals surface area contributed by atoms with Gasteiger partial charge in [0.2, 0.25) is 5.69 Å². The van der Waals surface area contributed by atoms with Crippen LogP contribution in [0.15, 0.2) is 41.1 Å². The van der Waals surface area contributed by atoms with Crippen LogP contribution in [0.1, 0.15) is 16.7 Å². The summed E-state index contributed by atoms with van der Waals surface area (Å²) in [5, 5.41) is 12.5. The number of ether oxygens (including phenoxy) is 1.